The molecule has 0 spiro atoms. The van der Waals surface area contributed by atoms with Gasteiger partial charge in [-0.1, -0.05) is 6.92 Å². The lowest BCUT2D eigenvalue weighted by Crippen LogP contribution is -2.50. The summed E-state index contributed by atoms with van der Waals surface area (Å²) in [6, 6.07) is 1.09. The first-order valence-corrected chi connectivity index (χ1v) is 8.82. The molecule has 2 fully saturated rings. The van der Waals surface area contributed by atoms with Gasteiger partial charge in [-0.15, -0.1) is 0 Å². The van der Waals surface area contributed by atoms with Crippen LogP contribution in [0.4, 0.5) is 0 Å². The Balaban J connectivity index is 1.85. The molecule has 3 rings (SSSR count). The average molecular weight is 298 g/mol. The van der Waals surface area contributed by atoms with Gasteiger partial charge in [-0.2, -0.15) is 9.40 Å². The predicted octanol–water partition coefficient (Wildman–Crippen LogP) is 1.09. The molecule has 2 bridgehead atoms. The highest BCUT2D eigenvalue weighted by Gasteiger charge is 2.40. The van der Waals surface area contributed by atoms with Gasteiger partial charge in [0.2, 0.25) is 10.0 Å². The lowest BCUT2D eigenvalue weighted by molar-refractivity contribution is 0.226. The summed E-state index contributed by atoms with van der Waals surface area (Å²) < 4.78 is 27.2. The molecular formula is C13H22N4O2S. The third kappa shape index (κ3) is 2.49. The number of H-pyrrole nitrogens is 1. The fourth-order valence-corrected chi connectivity index (χ4v) is 5.14. The van der Waals surface area contributed by atoms with Gasteiger partial charge in [-0.05, 0) is 32.1 Å². The predicted molar refractivity (Wildman–Crippen MR) is 75.7 cm³/mol. The molecule has 3 heterocycles. The Kier molecular flexibility index (Phi) is 3.83. The Hall–Kier alpha value is -0.920. The number of aromatic nitrogens is 2. The maximum Gasteiger partial charge on any atom is 0.246 e. The van der Waals surface area contributed by atoms with Crippen molar-refractivity contribution in [1.82, 2.24) is 19.8 Å². The number of sulfonamides is 1. The molecule has 2 unspecified atom stereocenters. The zero-order chi connectivity index (χ0) is 14.2. The summed E-state index contributed by atoms with van der Waals surface area (Å²) in [4.78, 5) is 0.275. The molecule has 112 valence electrons. The lowest BCUT2D eigenvalue weighted by Gasteiger charge is -2.36. The first-order valence-electron chi connectivity index (χ1n) is 7.38. The van der Waals surface area contributed by atoms with E-state index in [2.05, 4.69) is 15.5 Å². The summed E-state index contributed by atoms with van der Waals surface area (Å²) in [7, 11) is -3.43. The average Bonchev–Trinajstić information content (AvgIpc) is 3.06. The number of hydrogen-bond donors (Lipinski definition) is 2. The number of nitrogens with one attached hydrogen (secondary N) is 2. The molecule has 2 aliphatic rings. The van der Waals surface area contributed by atoms with Gasteiger partial charge in [0.05, 0.1) is 6.20 Å². The SMILES string of the molecule is CCCN(C1CC2CCC(C1)N2)S(=O)(=O)c1cn[nH]c1. The van der Waals surface area contributed by atoms with Crippen molar-refractivity contribution in [1.29, 1.82) is 0 Å². The Morgan fingerprint density at radius 1 is 1.35 bits per heavy atom. The van der Waals surface area contributed by atoms with E-state index in [9.17, 15) is 8.42 Å². The van der Waals surface area contributed by atoms with Gasteiger partial charge >= 0.3 is 0 Å². The summed E-state index contributed by atoms with van der Waals surface area (Å²) in [5.74, 6) is 0. The first-order chi connectivity index (χ1) is 9.61. The fourth-order valence-electron chi connectivity index (χ4n) is 3.50. The zero-order valence-corrected chi connectivity index (χ0v) is 12.6. The van der Waals surface area contributed by atoms with Gasteiger partial charge < -0.3 is 5.32 Å². The molecule has 2 atom stereocenters. The van der Waals surface area contributed by atoms with Crippen LogP contribution in [0.3, 0.4) is 0 Å². The van der Waals surface area contributed by atoms with Crippen LogP contribution in [-0.2, 0) is 10.0 Å². The van der Waals surface area contributed by atoms with Gasteiger partial charge in [0.25, 0.3) is 0 Å². The monoisotopic (exact) mass is 298 g/mol. The van der Waals surface area contributed by atoms with Crippen molar-refractivity contribution in [2.24, 2.45) is 0 Å². The van der Waals surface area contributed by atoms with Crippen LogP contribution in [0.1, 0.15) is 39.0 Å². The second-order valence-electron chi connectivity index (χ2n) is 5.81. The summed E-state index contributed by atoms with van der Waals surface area (Å²) in [5.41, 5.74) is 0. The number of aromatic amines is 1. The van der Waals surface area contributed by atoms with Crippen LogP contribution in [0, 0.1) is 0 Å². The van der Waals surface area contributed by atoms with Crippen molar-refractivity contribution in [3.8, 4) is 0 Å². The Morgan fingerprint density at radius 3 is 2.60 bits per heavy atom. The van der Waals surface area contributed by atoms with Crippen molar-refractivity contribution in [2.75, 3.05) is 6.54 Å². The van der Waals surface area contributed by atoms with Crippen LogP contribution < -0.4 is 5.32 Å². The Morgan fingerprint density at radius 2 is 2.05 bits per heavy atom. The number of fused-ring (bicyclic) bond motifs is 2. The lowest BCUT2D eigenvalue weighted by atomic mass is 10.00. The minimum absolute atomic E-state index is 0.119. The summed E-state index contributed by atoms with van der Waals surface area (Å²) in [6.45, 7) is 2.60. The third-order valence-electron chi connectivity index (χ3n) is 4.38. The van der Waals surface area contributed by atoms with Gasteiger partial charge in [0.15, 0.2) is 0 Å². The minimum Gasteiger partial charge on any atom is -0.311 e. The highest BCUT2D eigenvalue weighted by Crippen LogP contribution is 2.32. The summed E-state index contributed by atoms with van der Waals surface area (Å²) in [6.07, 6.45) is 7.89. The van der Waals surface area contributed by atoms with E-state index < -0.39 is 10.0 Å². The topological polar surface area (TPSA) is 78.1 Å². The molecule has 1 aromatic heterocycles. The van der Waals surface area contributed by atoms with Crippen LogP contribution in [-0.4, -0.2) is 47.6 Å². The Bertz CT molecular complexity index is 531. The van der Waals surface area contributed by atoms with Crippen LogP contribution in [0.25, 0.3) is 0 Å². The maximum absolute atomic E-state index is 12.8. The standard InChI is InChI=1S/C13H22N4O2S/c1-2-5-17(20(18,19)13-8-14-15-9-13)12-6-10-3-4-11(7-12)16-10/h8-12,16H,2-7H2,1H3,(H,14,15). The van der Waals surface area contributed by atoms with Gasteiger partial charge in [-0.25, -0.2) is 8.42 Å². The second-order valence-corrected chi connectivity index (χ2v) is 7.70. The second kappa shape index (κ2) is 5.46. The number of hydrogen-bond acceptors (Lipinski definition) is 4. The molecule has 20 heavy (non-hydrogen) atoms. The maximum atomic E-state index is 12.8. The molecule has 0 amide bonds. The minimum atomic E-state index is -3.43. The molecule has 1 aromatic rings. The smallest absolute Gasteiger partial charge is 0.246 e. The van der Waals surface area contributed by atoms with Crippen molar-refractivity contribution in [3.05, 3.63) is 12.4 Å². The largest absolute Gasteiger partial charge is 0.311 e. The van der Waals surface area contributed by atoms with Crippen molar-refractivity contribution >= 4 is 10.0 Å². The van der Waals surface area contributed by atoms with Crippen LogP contribution in [0.5, 0.6) is 0 Å². The molecule has 2 aliphatic heterocycles. The fraction of sp³-hybridized carbons (Fsp3) is 0.769. The van der Waals surface area contributed by atoms with Crippen molar-refractivity contribution in [2.45, 2.75) is 62.0 Å². The van der Waals surface area contributed by atoms with E-state index in [4.69, 9.17) is 0 Å². The first kappa shape index (κ1) is 14.0. The van der Waals surface area contributed by atoms with Gasteiger partial charge in [0, 0.05) is 30.9 Å². The van der Waals surface area contributed by atoms with E-state index in [-0.39, 0.29) is 10.9 Å². The molecule has 6 nitrogen and oxygen atoms in total. The summed E-state index contributed by atoms with van der Waals surface area (Å²) >= 11 is 0. The van der Waals surface area contributed by atoms with E-state index in [1.54, 1.807) is 4.31 Å². The highest BCUT2D eigenvalue weighted by molar-refractivity contribution is 7.89. The van der Waals surface area contributed by atoms with E-state index >= 15 is 0 Å². The quantitative estimate of drug-likeness (QED) is 0.853. The van der Waals surface area contributed by atoms with Crippen LogP contribution in [0.2, 0.25) is 0 Å². The van der Waals surface area contributed by atoms with E-state index in [1.165, 1.54) is 25.2 Å². The molecule has 0 aliphatic carbocycles. The van der Waals surface area contributed by atoms with Crippen molar-refractivity contribution < 1.29 is 8.42 Å². The molecular weight excluding hydrogens is 276 g/mol. The third-order valence-corrected chi connectivity index (χ3v) is 6.30. The number of rotatable bonds is 5. The van der Waals surface area contributed by atoms with Gasteiger partial charge in [0.1, 0.15) is 4.90 Å². The molecule has 0 aromatic carbocycles. The molecule has 0 saturated carbocycles. The van der Waals surface area contributed by atoms with E-state index in [1.807, 2.05) is 6.92 Å². The van der Waals surface area contributed by atoms with Crippen LogP contribution in [0.15, 0.2) is 17.3 Å². The molecule has 2 N–H and O–H groups in total. The summed E-state index contributed by atoms with van der Waals surface area (Å²) in [5, 5.41) is 9.94. The molecule has 2 saturated heterocycles. The molecule has 0 radical (unpaired) electrons. The Labute approximate surface area is 120 Å². The van der Waals surface area contributed by atoms with Gasteiger partial charge in [-0.3, -0.25) is 5.10 Å². The van der Waals surface area contributed by atoms with Crippen LogP contribution >= 0.6 is 0 Å². The number of piperidine rings is 1. The molecule has 7 heteroatoms. The van der Waals surface area contributed by atoms with E-state index in [0.29, 0.717) is 18.6 Å². The zero-order valence-electron chi connectivity index (χ0n) is 11.7. The highest BCUT2D eigenvalue weighted by atomic mass is 32.2. The van der Waals surface area contributed by atoms with E-state index in [0.717, 1.165) is 19.3 Å². The van der Waals surface area contributed by atoms with Crippen molar-refractivity contribution in [3.63, 3.8) is 0 Å². The normalized spacial score (nSPS) is 30.0. The number of nitrogens with zero attached hydrogens (tertiary/aromatic N) is 2.